The van der Waals surface area contributed by atoms with Gasteiger partial charge in [-0.05, 0) is 36.6 Å². The molecule has 0 fully saturated rings. The maximum atomic E-state index is 12.4. The second-order valence-corrected chi connectivity index (χ2v) is 6.84. The molecule has 0 aliphatic carbocycles. The molecule has 2 amide bonds. The average Bonchev–Trinajstić information content (AvgIpc) is 2.89. The molecule has 6 nitrogen and oxygen atoms in total. The maximum Gasteiger partial charge on any atom is 0.257 e. The van der Waals surface area contributed by atoms with E-state index in [2.05, 4.69) is 20.8 Å². The minimum absolute atomic E-state index is 0.0241. The summed E-state index contributed by atoms with van der Waals surface area (Å²) in [6.07, 6.45) is 2.09. The van der Waals surface area contributed by atoms with Crippen molar-refractivity contribution in [1.82, 2.24) is 10.2 Å². The summed E-state index contributed by atoms with van der Waals surface area (Å²) in [7, 11) is 0. The summed E-state index contributed by atoms with van der Waals surface area (Å²) in [5.74, 6) is 0.0973. The van der Waals surface area contributed by atoms with Crippen LogP contribution in [0.5, 0.6) is 0 Å². The number of nitrogens with zero attached hydrogens (tertiary/aromatic N) is 2. The molecule has 0 spiro atoms. The summed E-state index contributed by atoms with van der Waals surface area (Å²) >= 11 is 1.39. The van der Waals surface area contributed by atoms with Crippen molar-refractivity contribution < 1.29 is 9.59 Å². The molecule has 0 saturated carbocycles. The first-order valence-corrected chi connectivity index (χ1v) is 8.42. The van der Waals surface area contributed by atoms with Gasteiger partial charge in [0.2, 0.25) is 11.0 Å². The largest absolute Gasteiger partial charge is 0.326 e. The van der Waals surface area contributed by atoms with Gasteiger partial charge in [0.25, 0.3) is 5.91 Å². The summed E-state index contributed by atoms with van der Waals surface area (Å²) in [6, 6.07) is 5.33. The van der Waals surface area contributed by atoms with Gasteiger partial charge in [-0.1, -0.05) is 25.2 Å². The van der Waals surface area contributed by atoms with Gasteiger partial charge < -0.3 is 5.32 Å². The first-order valence-electron chi connectivity index (χ1n) is 7.60. The Labute approximate surface area is 138 Å². The fraction of sp³-hybridized carbons (Fsp3) is 0.375. The minimum atomic E-state index is -0.213. The highest BCUT2D eigenvalue weighted by Gasteiger charge is 2.16. The first kappa shape index (κ1) is 15.6. The van der Waals surface area contributed by atoms with E-state index in [0.717, 1.165) is 29.1 Å². The molecule has 120 valence electrons. The van der Waals surface area contributed by atoms with Crippen molar-refractivity contribution in [2.45, 2.75) is 39.0 Å². The van der Waals surface area contributed by atoms with Gasteiger partial charge in [0.05, 0.1) is 0 Å². The van der Waals surface area contributed by atoms with Crippen molar-refractivity contribution in [3.05, 3.63) is 34.3 Å². The fourth-order valence-electron chi connectivity index (χ4n) is 2.40. The van der Waals surface area contributed by atoms with Crippen molar-refractivity contribution >= 4 is 34.0 Å². The van der Waals surface area contributed by atoms with Gasteiger partial charge in [-0.25, -0.2) is 0 Å². The van der Waals surface area contributed by atoms with E-state index in [0.29, 0.717) is 17.1 Å². The number of hydrogen-bond donors (Lipinski definition) is 2. The Bertz CT molecular complexity index is 754. The molecule has 3 rings (SSSR count). The highest BCUT2D eigenvalue weighted by molar-refractivity contribution is 7.15. The number of nitrogens with one attached hydrogen (secondary N) is 2. The quantitative estimate of drug-likeness (QED) is 0.905. The molecule has 0 bridgehead atoms. The monoisotopic (exact) mass is 330 g/mol. The molecule has 1 aliphatic rings. The van der Waals surface area contributed by atoms with E-state index >= 15 is 0 Å². The van der Waals surface area contributed by atoms with Gasteiger partial charge in [-0.15, -0.1) is 10.2 Å². The highest BCUT2D eigenvalue weighted by Crippen LogP contribution is 2.25. The third-order valence-electron chi connectivity index (χ3n) is 3.65. The van der Waals surface area contributed by atoms with Crippen molar-refractivity contribution in [2.24, 2.45) is 0 Å². The molecule has 0 unspecified atom stereocenters. The second-order valence-electron chi connectivity index (χ2n) is 5.83. The van der Waals surface area contributed by atoms with E-state index in [-0.39, 0.29) is 17.7 Å². The number of hydrogen-bond acceptors (Lipinski definition) is 5. The number of aryl methyl sites for hydroxylation is 1. The second kappa shape index (κ2) is 6.45. The van der Waals surface area contributed by atoms with Crippen molar-refractivity contribution in [2.75, 3.05) is 10.6 Å². The topological polar surface area (TPSA) is 84.0 Å². The predicted molar refractivity (Wildman–Crippen MR) is 90.0 cm³/mol. The van der Waals surface area contributed by atoms with Crippen LogP contribution in [0, 0.1) is 0 Å². The maximum absolute atomic E-state index is 12.4. The molecule has 23 heavy (non-hydrogen) atoms. The third-order valence-corrected chi connectivity index (χ3v) is 4.79. The molecular weight excluding hydrogens is 312 g/mol. The van der Waals surface area contributed by atoms with Crippen LogP contribution in [0.25, 0.3) is 0 Å². The minimum Gasteiger partial charge on any atom is -0.326 e. The molecule has 0 atom stereocenters. The van der Waals surface area contributed by atoms with E-state index in [9.17, 15) is 9.59 Å². The lowest BCUT2D eigenvalue weighted by molar-refractivity contribution is -0.116. The summed E-state index contributed by atoms with van der Waals surface area (Å²) in [6.45, 7) is 4.07. The van der Waals surface area contributed by atoms with Gasteiger partial charge in [-0.2, -0.15) is 0 Å². The zero-order chi connectivity index (χ0) is 16.4. The Morgan fingerprint density at radius 1 is 1.30 bits per heavy atom. The van der Waals surface area contributed by atoms with Crippen LogP contribution in [0.4, 0.5) is 10.8 Å². The summed E-state index contributed by atoms with van der Waals surface area (Å²) < 4.78 is 0. The van der Waals surface area contributed by atoms with E-state index in [1.54, 1.807) is 12.1 Å². The molecule has 2 heterocycles. The molecule has 7 heteroatoms. The molecule has 2 aromatic rings. The SMILES string of the molecule is CC(C)c1nnc(NC(=O)c2ccc3c(c2)CCCC(=O)N3)s1. The Morgan fingerprint density at radius 3 is 2.87 bits per heavy atom. The molecule has 1 aromatic carbocycles. The van der Waals surface area contributed by atoms with Crippen molar-refractivity contribution in [3.8, 4) is 0 Å². The molecular formula is C16H18N4O2S. The standard InChI is InChI=1S/C16H18N4O2S/c1-9(2)15-19-20-16(23-15)18-14(22)11-6-7-12-10(8-11)4-3-5-13(21)17-12/h6-9H,3-5H2,1-2H3,(H,17,21)(H,18,20,22). The number of fused-ring (bicyclic) bond motifs is 1. The number of aromatic nitrogens is 2. The van der Waals surface area contributed by atoms with E-state index in [1.165, 1.54) is 11.3 Å². The Hall–Kier alpha value is -2.28. The van der Waals surface area contributed by atoms with E-state index in [1.807, 2.05) is 19.9 Å². The number of amides is 2. The number of benzene rings is 1. The van der Waals surface area contributed by atoms with Crippen LogP contribution in [0.3, 0.4) is 0 Å². The van der Waals surface area contributed by atoms with Crippen LogP contribution >= 0.6 is 11.3 Å². The Balaban J connectivity index is 1.77. The number of carbonyl (C=O) groups is 2. The Kier molecular flexibility index (Phi) is 4.38. The molecule has 2 N–H and O–H groups in total. The van der Waals surface area contributed by atoms with Crippen molar-refractivity contribution in [1.29, 1.82) is 0 Å². The van der Waals surface area contributed by atoms with Crippen LogP contribution < -0.4 is 10.6 Å². The zero-order valence-corrected chi connectivity index (χ0v) is 13.9. The smallest absolute Gasteiger partial charge is 0.257 e. The fourth-order valence-corrected chi connectivity index (χ4v) is 3.14. The number of anilines is 2. The van der Waals surface area contributed by atoms with Crippen LogP contribution in [0.2, 0.25) is 0 Å². The van der Waals surface area contributed by atoms with Gasteiger partial charge >= 0.3 is 0 Å². The lowest BCUT2D eigenvalue weighted by atomic mass is 10.0. The summed E-state index contributed by atoms with van der Waals surface area (Å²) in [5.41, 5.74) is 2.34. The lowest BCUT2D eigenvalue weighted by Gasteiger charge is -2.08. The predicted octanol–water partition coefficient (Wildman–Crippen LogP) is 3.19. The van der Waals surface area contributed by atoms with Gasteiger partial charge in [0.1, 0.15) is 5.01 Å². The third kappa shape index (κ3) is 3.56. The highest BCUT2D eigenvalue weighted by atomic mass is 32.1. The molecule has 1 aromatic heterocycles. The van der Waals surface area contributed by atoms with Crippen LogP contribution in [0.15, 0.2) is 18.2 Å². The molecule has 0 saturated heterocycles. The van der Waals surface area contributed by atoms with Crippen LogP contribution in [-0.2, 0) is 11.2 Å². The van der Waals surface area contributed by atoms with Crippen LogP contribution in [0.1, 0.15) is 53.5 Å². The normalized spacial score (nSPS) is 14.1. The van der Waals surface area contributed by atoms with Crippen LogP contribution in [-0.4, -0.2) is 22.0 Å². The van der Waals surface area contributed by atoms with Gasteiger partial charge in [-0.3, -0.25) is 14.9 Å². The Morgan fingerprint density at radius 2 is 2.13 bits per heavy atom. The van der Waals surface area contributed by atoms with E-state index < -0.39 is 0 Å². The number of carbonyl (C=O) groups excluding carboxylic acids is 2. The van der Waals surface area contributed by atoms with Gasteiger partial charge in [0, 0.05) is 23.6 Å². The van der Waals surface area contributed by atoms with E-state index in [4.69, 9.17) is 0 Å². The number of rotatable bonds is 3. The molecule has 1 aliphatic heterocycles. The lowest BCUT2D eigenvalue weighted by Crippen LogP contribution is -2.13. The van der Waals surface area contributed by atoms with Crippen molar-refractivity contribution in [3.63, 3.8) is 0 Å². The average molecular weight is 330 g/mol. The zero-order valence-electron chi connectivity index (χ0n) is 13.0. The van der Waals surface area contributed by atoms with Gasteiger partial charge in [0.15, 0.2) is 0 Å². The summed E-state index contributed by atoms with van der Waals surface area (Å²) in [5, 5.41) is 15.1. The molecule has 0 radical (unpaired) electrons. The first-order chi connectivity index (χ1) is 11.0. The summed E-state index contributed by atoms with van der Waals surface area (Å²) in [4.78, 5) is 23.9.